The molecule has 4 aromatic rings. The van der Waals surface area contributed by atoms with E-state index >= 15 is 0 Å². The molecule has 5 rings (SSSR count). The number of carbonyl (C=O) groups is 1. The minimum Gasteiger partial charge on any atom is -0.294 e. The van der Waals surface area contributed by atoms with Crippen LogP contribution in [0, 0.1) is 0 Å². The average molecular weight is 395 g/mol. The molecule has 0 bridgehead atoms. The number of rotatable bonds is 4. The number of carbonyl (C=O) groups excluding carboxylic acids is 1. The van der Waals surface area contributed by atoms with E-state index < -0.39 is 0 Å². The molecule has 0 atom stereocenters. The van der Waals surface area contributed by atoms with E-state index in [1.54, 1.807) is 0 Å². The molecule has 0 aliphatic heterocycles. The van der Waals surface area contributed by atoms with Crippen molar-refractivity contribution in [2.45, 2.75) is 6.42 Å². The predicted octanol–water partition coefficient (Wildman–Crippen LogP) is 5.88. The summed E-state index contributed by atoms with van der Waals surface area (Å²) in [6.07, 6.45) is 0.325. The number of hydrogen-bond acceptors (Lipinski definition) is 5. The number of ketones is 1. The van der Waals surface area contributed by atoms with Crippen molar-refractivity contribution in [3.8, 4) is 22.4 Å². The minimum absolute atomic E-state index is 0.111. The predicted molar refractivity (Wildman–Crippen MR) is 119 cm³/mol. The second-order valence-electron chi connectivity index (χ2n) is 6.80. The smallest absolute Gasteiger partial charge is 0.203 e. The van der Waals surface area contributed by atoms with Gasteiger partial charge in [0.05, 0.1) is 17.8 Å². The number of aromatic nitrogens is 1. The molecular formula is C24H17N3OS. The molecule has 1 N–H and O–H groups in total. The summed E-state index contributed by atoms with van der Waals surface area (Å²) < 4.78 is 0. The van der Waals surface area contributed by atoms with Crippen LogP contribution < -0.4 is 5.43 Å². The van der Waals surface area contributed by atoms with Crippen LogP contribution >= 0.6 is 11.3 Å². The summed E-state index contributed by atoms with van der Waals surface area (Å²) in [6, 6.07) is 26.3. The first-order valence-electron chi connectivity index (χ1n) is 9.34. The third kappa shape index (κ3) is 3.48. The fourth-order valence-electron chi connectivity index (χ4n) is 3.46. The zero-order valence-electron chi connectivity index (χ0n) is 15.5. The van der Waals surface area contributed by atoms with Crippen molar-refractivity contribution in [3.63, 3.8) is 0 Å². The van der Waals surface area contributed by atoms with E-state index in [0.717, 1.165) is 28.1 Å². The standard InChI is InChI=1S/C24H17N3OS/c28-23-14-21(19-8-4-5-9-20(19)23)26-27-24-25-22(15-29-24)18-12-10-17(11-13-18)16-6-2-1-3-7-16/h1-13,15H,14H2,(H,25,27). The largest absolute Gasteiger partial charge is 0.294 e. The molecule has 1 aromatic heterocycles. The van der Waals surface area contributed by atoms with Gasteiger partial charge in [0.15, 0.2) is 5.78 Å². The lowest BCUT2D eigenvalue weighted by Gasteiger charge is -2.03. The molecular weight excluding hydrogens is 378 g/mol. The van der Waals surface area contributed by atoms with Crippen molar-refractivity contribution in [3.05, 3.63) is 95.4 Å². The maximum absolute atomic E-state index is 12.1. The van der Waals surface area contributed by atoms with Crippen LogP contribution in [0.25, 0.3) is 22.4 Å². The zero-order valence-corrected chi connectivity index (χ0v) is 16.3. The van der Waals surface area contributed by atoms with Crippen molar-refractivity contribution < 1.29 is 4.79 Å². The molecule has 0 saturated carbocycles. The number of nitrogens with one attached hydrogen (secondary N) is 1. The van der Waals surface area contributed by atoms with Gasteiger partial charge >= 0.3 is 0 Å². The SMILES string of the molecule is O=C1CC(=NNc2nc(-c3ccc(-c4ccccc4)cc3)cs2)c2ccccc21. The van der Waals surface area contributed by atoms with E-state index in [4.69, 9.17) is 0 Å². The number of fused-ring (bicyclic) bond motifs is 1. The number of anilines is 1. The van der Waals surface area contributed by atoms with Gasteiger partial charge < -0.3 is 0 Å². The summed E-state index contributed by atoms with van der Waals surface area (Å²) >= 11 is 1.50. The maximum atomic E-state index is 12.1. The number of nitrogens with zero attached hydrogens (tertiary/aromatic N) is 2. The summed E-state index contributed by atoms with van der Waals surface area (Å²) in [7, 11) is 0. The Morgan fingerprint density at radius 3 is 2.24 bits per heavy atom. The Kier molecular flexibility index (Phi) is 4.50. The van der Waals surface area contributed by atoms with Crippen LogP contribution in [-0.4, -0.2) is 16.5 Å². The lowest BCUT2D eigenvalue weighted by atomic mass is 10.0. The first-order valence-corrected chi connectivity index (χ1v) is 10.2. The number of benzene rings is 3. The maximum Gasteiger partial charge on any atom is 0.203 e. The van der Waals surface area contributed by atoms with Gasteiger partial charge in [-0.2, -0.15) is 5.10 Å². The van der Waals surface area contributed by atoms with Gasteiger partial charge in [-0.15, -0.1) is 11.3 Å². The Morgan fingerprint density at radius 2 is 1.45 bits per heavy atom. The topological polar surface area (TPSA) is 54.4 Å². The van der Waals surface area contributed by atoms with Crippen molar-refractivity contribution in [1.82, 2.24) is 4.98 Å². The van der Waals surface area contributed by atoms with Crippen LogP contribution in [0.5, 0.6) is 0 Å². The Bertz CT molecular complexity index is 1210. The van der Waals surface area contributed by atoms with Gasteiger partial charge in [-0.3, -0.25) is 10.2 Å². The van der Waals surface area contributed by atoms with E-state index in [-0.39, 0.29) is 5.78 Å². The van der Waals surface area contributed by atoms with Gasteiger partial charge in [0.25, 0.3) is 0 Å². The number of hydrogen-bond donors (Lipinski definition) is 1. The summed E-state index contributed by atoms with van der Waals surface area (Å²) in [4.78, 5) is 16.7. The Morgan fingerprint density at radius 1 is 0.793 bits per heavy atom. The molecule has 29 heavy (non-hydrogen) atoms. The molecule has 5 heteroatoms. The molecule has 4 nitrogen and oxygen atoms in total. The minimum atomic E-state index is 0.111. The molecule has 1 aliphatic carbocycles. The van der Waals surface area contributed by atoms with Gasteiger partial charge in [-0.1, -0.05) is 78.9 Å². The molecule has 140 valence electrons. The highest BCUT2D eigenvalue weighted by molar-refractivity contribution is 7.14. The third-order valence-electron chi connectivity index (χ3n) is 4.94. The first kappa shape index (κ1) is 17.5. The summed E-state index contributed by atoms with van der Waals surface area (Å²) in [5.41, 5.74) is 9.76. The van der Waals surface area contributed by atoms with E-state index in [0.29, 0.717) is 11.6 Å². The molecule has 3 aromatic carbocycles. The monoisotopic (exact) mass is 395 g/mol. The molecule has 0 saturated heterocycles. The number of hydrazone groups is 1. The summed E-state index contributed by atoms with van der Waals surface area (Å²) in [5, 5.41) is 7.15. The van der Waals surface area contributed by atoms with Gasteiger partial charge in [-0.05, 0) is 11.1 Å². The second-order valence-corrected chi connectivity index (χ2v) is 7.66. The molecule has 1 aliphatic rings. The number of thiazole rings is 1. The van der Waals surface area contributed by atoms with Crippen molar-refractivity contribution in [2.75, 3.05) is 5.43 Å². The zero-order chi connectivity index (χ0) is 19.6. The Balaban J connectivity index is 1.33. The van der Waals surface area contributed by atoms with Crippen LogP contribution in [0.2, 0.25) is 0 Å². The van der Waals surface area contributed by atoms with Gasteiger partial charge in [0.2, 0.25) is 5.13 Å². The Labute approximate surface area is 172 Å². The van der Waals surface area contributed by atoms with Crippen molar-refractivity contribution in [1.29, 1.82) is 0 Å². The van der Waals surface area contributed by atoms with Gasteiger partial charge in [0, 0.05) is 22.1 Å². The molecule has 0 fully saturated rings. The van der Waals surface area contributed by atoms with E-state index in [9.17, 15) is 4.79 Å². The molecule has 0 spiro atoms. The molecule has 0 amide bonds. The lowest BCUT2D eigenvalue weighted by Crippen LogP contribution is -2.00. The van der Waals surface area contributed by atoms with Crippen LogP contribution in [0.4, 0.5) is 5.13 Å². The fraction of sp³-hybridized carbons (Fsp3) is 0.0417. The molecule has 0 radical (unpaired) electrons. The highest BCUT2D eigenvalue weighted by Gasteiger charge is 2.25. The van der Waals surface area contributed by atoms with Crippen LogP contribution in [0.1, 0.15) is 22.3 Å². The van der Waals surface area contributed by atoms with E-state index in [1.807, 2.05) is 47.8 Å². The third-order valence-corrected chi connectivity index (χ3v) is 5.69. The number of Topliss-reactive ketones (excluding diaryl/α,β-unsaturated/α-hetero) is 1. The second kappa shape index (κ2) is 7.45. The van der Waals surface area contributed by atoms with Gasteiger partial charge in [0.1, 0.15) is 0 Å². The lowest BCUT2D eigenvalue weighted by molar-refractivity contribution is 0.101. The van der Waals surface area contributed by atoms with Crippen LogP contribution in [0.15, 0.2) is 89.3 Å². The quantitative estimate of drug-likeness (QED) is 0.439. The Hall–Kier alpha value is -3.57. The van der Waals surface area contributed by atoms with E-state index in [1.165, 1.54) is 22.5 Å². The fourth-order valence-corrected chi connectivity index (χ4v) is 4.12. The summed E-state index contributed by atoms with van der Waals surface area (Å²) in [5.74, 6) is 0.111. The van der Waals surface area contributed by atoms with Crippen LogP contribution in [-0.2, 0) is 0 Å². The molecule has 0 unspecified atom stereocenters. The average Bonchev–Trinajstić information content (AvgIpc) is 3.38. The summed E-state index contributed by atoms with van der Waals surface area (Å²) in [6.45, 7) is 0. The highest BCUT2D eigenvalue weighted by Crippen LogP contribution is 2.28. The normalized spacial score (nSPS) is 14.2. The highest BCUT2D eigenvalue weighted by atomic mass is 32.1. The van der Waals surface area contributed by atoms with Crippen molar-refractivity contribution >= 4 is 28.0 Å². The van der Waals surface area contributed by atoms with Crippen LogP contribution in [0.3, 0.4) is 0 Å². The molecule has 1 heterocycles. The van der Waals surface area contributed by atoms with Crippen molar-refractivity contribution in [2.24, 2.45) is 5.10 Å². The van der Waals surface area contributed by atoms with Gasteiger partial charge in [-0.25, -0.2) is 4.98 Å². The first-order chi connectivity index (χ1) is 14.3. The van der Waals surface area contributed by atoms with E-state index in [2.05, 4.69) is 51.9 Å².